The number of benzene rings is 4. The second-order valence-corrected chi connectivity index (χ2v) is 16.4. The number of pyridine rings is 1. The summed E-state index contributed by atoms with van der Waals surface area (Å²) in [6.45, 7) is 3.16. The average Bonchev–Trinajstić information content (AvgIpc) is 3.53. The minimum atomic E-state index is -1.03. The van der Waals surface area contributed by atoms with Gasteiger partial charge in [-0.2, -0.15) is 0 Å². The topological polar surface area (TPSA) is 231 Å². The van der Waals surface area contributed by atoms with Crippen molar-refractivity contribution in [1.29, 1.82) is 0 Å². The van der Waals surface area contributed by atoms with Gasteiger partial charge in [0.1, 0.15) is 11.8 Å². The number of hydrogen-bond donors (Lipinski definition) is 4. The summed E-state index contributed by atoms with van der Waals surface area (Å²) in [6.07, 6.45) is 0.269. The van der Waals surface area contributed by atoms with Gasteiger partial charge in [0, 0.05) is 36.3 Å². The molecule has 1 aromatic heterocycles. The van der Waals surface area contributed by atoms with Gasteiger partial charge in [-0.1, -0.05) is 30.3 Å². The number of nitrogens with zero attached hydrogens (tertiary/aromatic N) is 2. The summed E-state index contributed by atoms with van der Waals surface area (Å²) in [6, 6.07) is 26.4. The lowest BCUT2D eigenvalue weighted by Crippen LogP contribution is -2.54. The third-order valence-electron chi connectivity index (χ3n) is 11.8. The van der Waals surface area contributed by atoms with E-state index in [4.69, 9.17) is 38.1 Å². The lowest BCUT2D eigenvalue weighted by molar-refractivity contribution is -0.136. The number of carbonyl (C=O) groups is 6. The van der Waals surface area contributed by atoms with Gasteiger partial charge in [-0.25, -0.2) is 4.98 Å². The van der Waals surface area contributed by atoms with Crippen LogP contribution in [0.5, 0.6) is 17.2 Å². The van der Waals surface area contributed by atoms with Crippen molar-refractivity contribution in [3.05, 3.63) is 108 Å². The van der Waals surface area contributed by atoms with Gasteiger partial charge in [-0.3, -0.25) is 39.0 Å². The van der Waals surface area contributed by atoms with E-state index in [0.717, 1.165) is 32.7 Å². The number of methoxy groups -OCH3 is 2. The molecule has 3 aliphatic heterocycles. The fourth-order valence-corrected chi connectivity index (χ4v) is 8.40. The molecule has 4 heterocycles. The Bertz CT molecular complexity index is 2780. The highest BCUT2D eigenvalue weighted by Crippen LogP contribution is 2.42. The van der Waals surface area contributed by atoms with E-state index in [-0.39, 0.29) is 48.8 Å². The lowest BCUT2D eigenvalue weighted by atomic mass is 9.92. The molecule has 19 nitrogen and oxygen atoms in total. The largest absolute Gasteiger partial charge is 0.493 e. The van der Waals surface area contributed by atoms with Crippen LogP contribution < -0.4 is 35.5 Å². The maximum absolute atomic E-state index is 13.2. The average molecular weight is 971 g/mol. The predicted octanol–water partition coefficient (Wildman–Crippen LogP) is 4.67. The van der Waals surface area contributed by atoms with Crippen LogP contribution in [0.25, 0.3) is 33.6 Å². The van der Waals surface area contributed by atoms with Crippen LogP contribution in [-0.4, -0.2) is 138 Å². The highest BCUT2D eigenvalue weighted by atomic mass is 16.6. The van der Waals surface area contributed by atoms with Gasteiger partial charge in [-0.15, -0.1) is 0 Å². The van der Waals surface area contributed by atoms with Crippen molar-refractivity contribution in [3.8, 4) is 50.9 Å². The Morgan fingerprint density at radius 3 is 2.07 bits per heavy atom. The van der Waals surface area contributed by atoms with Gasteiger partial charge in [0.2, 0.25) is 17.7 Å². The molecule has 0 aliphatic carbocycles. The minimum absolute atomic E-state index is 0.0501. The Hall–Kier alpha value is -7.71. The Morgan fingerprint density at radius 2 is 1.35 bits per heavy atom. The van der Waals surface area contributed by atoms with E-state index in [2.05, 4.69) is 21.3 Å². The van der Waals surface area contributed by atoms with E-state index < -0.39 is 29.7 Å². The first kappa shape index (κ1) is 49.7. The smallest absolute Gasteiger partial charge is 0.264 e. The maximum atomic E-state index is 13.2. The number of amides is 6. The number of rotatable bonds is 24. The molecule has 1 atom stereocenters. The molecule has 0 saturated carbocycles. The fraction of sp³-hybridized carbons (Fsp3) is 0.327. The molecule has 8 rings (SSSR count). The van der Waals surface area contributed by atoms with Crippen molar-refractivity contribution in [2.24, 2.45) is 0 Å². The molecular formula is C52H54N6O13. The standard InChI is InChI=1S/C52H54N6O13/c1-65-43-16-12-33(28-44(43)66-2)37-29-41(56-49-35-6-3-4-8-39(35)55-46(60)30-38(37)49)32-10-13-34(14-11-32)71-31-47(61)54-19-21-68-23-25-70-27-26-69-24-22-67-20-18-53-40-9-5-7-36-48(40)52(64)58(51(36)63)42-15-17-45(59)57-50(42)62/h3-14,16,28-29,42,53H,15,17-27,30-31H2,1-2H3,(H,54,61)(H,55,60)(H,57,59,62). The van der Waals surface area contributed by atoms with E-state index in [0.29, 0.717) is 106 Å². The summed E-state index contributed by atoms with van der Waals surface area (Å²) in [4.78, 5) is 81.9. The Labute approximate surface area is 409 Å². The molecule has 5 aromatic rings. The van der Waals surface area contributed by atoms with Crippen LogP contribution in [0.1, 0.15) is 39.1 Å². The molecule has 4 aromatic carbocycles. The molecule has 1 fully saturated rings. The monoisotopic (exact) mass is 970 g/mol. The molecule has 0 radical (unpaired) electrons. The van der Waals surface area contributed by atoms with Gasteiger partial charge < -0.3 is 49.1 Å². The van der Waals surface area contributed by atoms with Crippen LogP contribution in [0.2, 0.25) is 0 Å². The third kappa shape index (κ3) is 12.0. The Morgan fingerprint density at radius 1 is 0.676 bits per heavy atom. The number of nitrogens with one attached hydrogen (secondary N) is 4. The third-order valence-corrected chi connectivity index (χ3v) is 11.8. The highest BCUT2D eigenvalue weighted by Gasteiger charge is 2.45. The molecule has 1 unspecified atom stereocenters. The van der Waals surface area contributed by atoms with Crippen molar-refractivity contribution >= 4 is 46.8 Å². The zero-order chi connectivity index (χ0) is 49.7. The molecule has 6 amide bonds. The highest BCUT2D eigenvalue weighted by molar-refractivity contribution is 6.25. The molecule has 0 bridgehead atoms. The quantitative estimate of drug-likeness (QED) is 0.0487. The van der Waals surface area contributed by atoms with E-state index in [1.807, 2.05) is 60.7 Å². The number of carbonyl (C=O) groups excluding carboxylic acids is 6. The molecule has 19 heteroatoms. The number of imide groups is 2. The lowest BCUT2D eigenvalue weighted by Gasteiger charge is -2.27. The SMILES string of the molecule is COc1ccc(-c2cc(-c3ccc(OCC(=O)NCCOCCOCCOCCOCCNc4cccc5c4C(=O)N(C4CCC(=O)NC4=O)C5=O)cc3)nc3c2CC(=O)Nc2ccccc2-3)cc1OC. The number of fused-ring (bicyclic) bond motifs is 4. The van der Waals surface area contributed by atoms with E-state index >= 15 is 0 Å². The first-order valence-corrected chi connectivity index (χ1v) is 23.2. The number of anilines is 2. The van der Waals surface area contributed by atoms with Gasteiger partial charge >= 0.3 is 0 Å². The maximum Gasteiger partial charge on any atom is 0.264 e. The number of ether oxygens (including phenoxy) is 7. The van der Waals surface area contributed by atoms with Crippen LogP contribution in [0.15, 0.2) is 91.0 Å². The summed E-state index contributed by atoms with van der Waals surface area (Å²) in [5, 5.41) is 11.1. The van der Waals surface area contributed by atoms with Crippen molar-refractivity contribution in [2.75, 3.05) is 97.4 Å². The molecule has 1 saturated heterocycles. The summed E-state index contributed by atoms with van der Waals surface area (Å²) in [7, 11) is 3.16. The number of para-hydroxylation sites is 1. The minimum Gasteiger partial charge on any atom is -0.493 e. The summed E-state index contributed by atoms with van der Waals surface area (Å²) >= 11 is 0. The summed E-state index contributed by atoms with van der Waals surface area (Å²) < 4.78 is 39.2. The van der Waals surface area contributed by atoms with Crippen molar-refractivity contribution in [3.63, 3.8) is 0 Å². The second kappa shape index (κ2) is 23.7. The van der Waals surface area contributed by atoms with E-state index in [1.165, 1.54) is 0 Å². The summed E-state index contributed by atoms with van der Waals surface area (Å²) in [5.41, 5.74) is 7.01. The molecule has 0 spiro atoms. The van der Waals surface area contributed by atoms with Gasteiger partial charge in [-0.05, 0) is 83.8 Å². The van der Waals surface area contributed by atoms with Crippen LogP contribution in [0.4, 0.5) is 11.4 Å². The number of hydrogen-bond acceptors (Lipinski definition) is 15. The Kier molecular flexibility index (Phi) is 16.6. The summed E-state index contributed by atoms with van der Waals surface area (Å²) in [5.74, 6) is -1.01. The predicted molar refractivity (Wildman–Crippen MR) is 259 cm³/mol. The van der Waals surface area contributed by atoms with Crippen molar-refractivity contribution in [1.82, 2.24) is 20.5 Å². The van der Waals surface area contributed by atoms with Crippen LogP contribution in [0.3, 0.4) is 0 Å². The fourth-order valence-electron chi connectivity index (χ4n) is 8.40. The van der Waals surface area contributed by atoms with Crippen LogP contribution in [-0.2, 0) is 44.5 Å². The van der Waals surface area contributed by atoms with E-state index in [9.17, 15) is 28.8 Å². The Balaban J connectivity index is 0.691. The van der Waals surface area contributed by atoms with Gasteiger partial charge in [0.15, 0.2) is 18.1 Å². The number of piperidine rings is 1. The normalized spacial score (nSPS) is 15.0. The van der Waals surface area contributed by atoms with Crippen molar-refractivity contribution in [2.45, 2.75) is 25.3 Å². The molecule has 71 heavy (non-hydrogen) atoms. The van der Waals surface area contributed by atoms with Crippen molar-refractivity contribution < 1.29 is 61.9 Å². The van der Waals surface area contributed by atoms with Gasteiger partial charge in [0.25, 0.3) is 17.7 Å². The first-order valence-electron chi connectivity index (χ1n) is 23.2. The zero-order valence-corrected chi connectivity index (χ0v) is 39.3. The molecule has 3 aliphatic rings. The van der Waals surface area contributed by atoms with E-state index in [1.54, 1.807) is 44.6 Å². The molecule has 370 valence electrons. The van der Waals surface area contributed by atoms with Gasteiger partial charge in [0.05, 0.1) is 102 Å². The second-order valence-electron chi connectivity index (χ2n) is 16.4. The molecule has 4 N–H and O–H groups in total. The zero-order valence-electron chi connectivity index (χ0n) is 39.3. The van der Waals surface area contributed by atoms with Crippen LogP contribution in [0, 0.1) is 0 Å². The number of aromatic nitrogens is 1. The first-order chi connectivity index (χ1) is 34.6. The molecular weight excluding hydrogens is 917 g/mol. The van der Waals surface area contributed by atoms with Crippen LogP contribution >= 0.6 is 0 Å².